The van der Waals surface area contributed by atoms with E-state index in [9.17, 15) is 0 Å². The Morgan fingerprint density at radius 3 is 2.75 bits per heavy atom. The van der Waals surface area contributed by atoms with E-state index in [1.807, 2.05) is 0 Å². The first-order valence-electron chi connectivity index (χ1n) is 5.07. The SMILES string of the molecule is c1ccn(C2CCCC3CC32)c1. The Balaban J connectivity index is 1.84. The first kappa shape index (κ1) is 6.76. The van der Waals surface area contributed by atoms with Crippen LogP contribution in [0.25, 0.3) is 0 Å². The van der Waals surface area contributed by atoms with Gasteiger partial charge >= 0.3 is 0 Å². The smallest absolute Gasteiger partial charge is 0.0361 e. The Kier molecular flexibility index (Phi) is 1.34. The fraction of sp³-hybridized carbons (Fsp3) is 0.636. The highest BCUT2D eigenvalue weighted by molar-refractivity contribution is 5.02. The van der Waals surface area contributed by atoms with Gasteiger partial charge in [-0.05, 0) is 36.8 Å². The second-order valence-corrected chi connectivity index (χ2v) is 4.29. The zero-order chi connectivity index (χ0) is 7.97. The molecule has 0 saturated heterocycles. The van der Waals surface area contributed by atoms with E-state index in [4.69, 9.17) is 0 Å². The van der Waals surface area contributed by atoms with Crippen LogP contribution < -0.4 is 0 Å². The Morgan fingerprint density at radius 1 is 1.08 bits per heavy atom. The molecule has 1 aromatic rings. The molecular weight excluding hydrogens is 146 g/mol. The summed E-state index contributed by atoms with van der Waals surface area (Å²) in [6, 6.07) is 5.14. The standard InChI is InChI=1S/C11H15N/c1-2-7-12(6-1)11-5-3-4-9-8-10(9)11/h1-2,6-7,9-11H,3-5,8H2. The fourth-order valence-corrected chi connectivity index (χ4v) is 2.82. The summed E-state index contributed by atoms with van der Waals surface area (Å²) >= 11 is 0. The van der Waals surface area contributed by atoms with Crippen LogP contribution in [0.15, 0.2) is 24.5 Å². The summed E-state index contributed by atoms with van der Waals surface area (Å²) in [5, 5.41) is 0. The zero-order valence-corrected chi connectivity index (χ0v) is 7.32. The van der Waals surface area contributed by atoms with Crippen molar-refractivity contribution in [3.63, 3.8) is 0 Å². The Hall–Kier alpha value is -0.720. The molecule has 64 valence electrons. The maximum absolute atomic E-state index is 2.42. The Bertz CT molecular complexity index is 263. The lowest BCUT2D eigenvalue weighted by molar-refractivity contribution is 0.333. The minimum atomic E-state index is 0.846. The van der Waals surface area contributed by atoms with Crippen molar-refractivity contribution in [1.29, 1.82) is 0 Å². The third kappa shape index (κ3) is 0.921. The van der Waals surface area contributed by atoms with Crippen LogP contribution in [0.3, 0.4) is 0 Å². The third-order valence-corrected chi connectivity index (χ3v) is 3.56. The molecule has 3 rings (SSSR count). The molecule has 0 amide bonds. The highest BCUT2D eigenvalue weighted by Gasteiger charge is 2.45. The van der Waals surface area contributed by atoms with Gasteiger partial charge in [0, 0.05) is 18.4 Å². The summed E-state index contributed by atoms with van der Waals surface area (Å²) in [6.07, 6.45) is 10.3. The molecule has 1 heteroatoms. The highest BCUT2D eigenvalue weighted by Crippen LogP contribution is 2.54. The van der Waals surface area contributed by atoms with Crippen molar-refractivity contribution in [2.45, 2.75) is 31.7 Å². The van der Waals surface area contributed by atoms with Gasteiger partial charge in [0.05, 0.1) is 0 Å². The van der Waals surface area contributed by atoms with Crippen LogP contribution >= 0.6 is 0 Å². The average molecular weight is 161 g/mol. The minimum Gasteiger partial charge on any atom is -0.351 e. The van der Waals surface area contributed by atoms with Crippen molar-refractivity contribution < 1.29 is 0 Å². The van der Waals surface area contributed by atoms with Gasteiger partial charge in [-0.1, -0.05) is 12.8 Å². The van der Waals surface area contributed by atoms with Crippen LogP contribution in [0.1, 0.15) is 31.7 Å². The average Bonchev–Trinajstić information content (AvgIpc) is 2.70. The first-order valence-corrected chi connectivity index (χ1v) is 5.07. The van der Waals surface area contributed by atoms with Gasteiger partial charge < -0.3 is 4.57 Å². The van der Waals surface area contributed by atoms with Gasteiger partial charge in [0.15, 0.2) is 0 Å². The third-order valence-electron chi connectivity index (χ3n) is 3.56. The van der Waals surface area contributed by atoms with Crippen molar-refractivity contribution in [2.24, 2.45) is 11.8 Å². The molecule has 3 atom stereocenters. The van der Waals surface area contributed by atoms with Crippen molar-refractivity contribution in [1.82, 2.24) is 4.57 Å². The summed E-state index contributed by atoms with van der Waals surface area (Å²) in [5.74, 6) is 2.12. The van der Waals surface area contributed by atoms with Gasteiger partial charge in [-0.15, -0.1) is 0 Å². The van der Waals surface area contributed by atoms with E-state index >= 15 is 0 Å². The predicted octanol–water partition coefficient (Wildman–Crippen LogP) is 2.85. The lowest BCUT2D eigenvalue weighted by Crippen LogP contribution is -2.13. The molecular formula is C11H15N. The molecule has 2 aliphatic carbocycles. The van der Waals surface area contributed by atoms with Gasteiger partial charge in [0.1, 0.15) is 0 Å². The molecule has 1 heterocycles. The summed E-state index contributed by atoms with van der Waals surface area (Å²) in [6.45, 7) is 0. The maximum atomic E-state index is 2.42. The molecule has 1 nitrogen and oxygen atoms in total. The number of nitrogens with zero attached hydrogens (tertiary/aromatic N) is 1. The second kappa shape index (κ2) is 2.38. The molecule has 0 radical (unpaired) electrons. The predicted molar refractivity (Wildman–Crippen MR) is 48.9 cm³/mol. The summed E-state index contributed by atoms with van der Waals surface area (Å²) in [4.78, 5) is 0. The van der Waals surface area contributed by atoms with E-state index in [1.165, 1.54) is 25.7 Å². The van der Waals surface area contributed by atoms with Gasteiger partial charge in [-0.25, -0.2) is 0 Å². The number of hydrogen-bond donors (Lipinski definition) is 0. The van der Waals surface area contributed by atoms with Crippen LogP contribution in [0, 0.1) is 11.8 Å². The molecule has 0 aliphatic heterocycles. The van der Waals surface area contributed by atoms with Gasteiger partial charge in [0.25, 0.3) is 0 Å². The molecule has 2 fully saturated rings. The van der Waals surface area contributed by atoms with Crippen LogP contribution in [0.5, 0.6) is 0 Å². The highest BCUT2D eigenvalue weighted by atomic mass is 15.0. The van der Waals surface area contributed by atoms with E-state index in [1.54, 1.807) is 0 Å². The molecule has 0 spiro atoms. The topological polar surface area (TPSA) is 4.93 Å². The lowest BCUT2D eigenvalue weighted by atomic mass is 9.95. The van der Waals surface area contributed by atoms with Crippen LogP contribution in [0.4, 0.5) is 0 Å². The zero-order valence-electron chi connectivity index (χ0n) is 7.32. The van der Waals surface area contributed by atoms with Crippen molar-refractivity contribution in [2.75, 3.05) is 0 Å². The maximum Gasteiger partial charge on any atom is 0.0361 e. The van der Waals surface area contributed by atoms with Crippen LogP contribution in [-0.2, 0) is 0 Å². The summed E-state index contributed by atoms with van der Waals surface area (Å²) < 4.78 is 2.42. The van der Waals surface area contributed by atoms with Gasteiger partial charge in [-0.2, -0.15) is 0 Å². The van der Waals surface area contributed by atoms with E-state index in [-0.39, 0.29) is 0 Å². The van der Waals surface area contributed by atoms with E-state index in [0.717, 1.165) is 17.9 Å². The number of rotatable bonds is 1. The Morgan fingerprint density at radius 2 is 1.92 bits per heavy atom. The van der Waals surface area contributed by atoms with E-state index in [2.05, 4.69) is 29.1 Å². The van der Waals surface area contributed by atoms with Crippen molar-refractivity contribution >= 4 is 0 Å². The van der Waals surface area contributed by atoms with Gasteiger partial charge in [-0.3, -0.25) is 0 Å². The molecule has 2 saturated carbocycles. The summed E-state index contributed by atoms with van der Waals surface area (Å²) in [5.41, 5.74) is 0. The number of aromatic nitrogens is 1. The van der Waals surface area contributed by atoms with Crippen molar-refractivity contribution in [3.8, 4) is 0 Å². The molecule has 12 heavy (non-hydrogen) atoms. The fourth-order valence-electron chi connectivity index (χ4n) is 2.82. The Labute approximate surface area is 73.4 Å². The quantitative estimate of drug-likeness (QED) is 0.597. The largest absolute Gasteiger partial charge is 0.351 e. The van der Waals surface area contributed by atoms with Crippen molar-refractivity contribution in [3.05, 3.63) is 24.5 Å². The number of fused-ring (bicyclic) bond motifs is 1. The first-order chi connectivity index (χ1) is 5.95. The molecule has 0 bridgehead atoms. The second-order valence-electron chi connectivity index (χ2n) is 4.29. The molecule has 0 aromatic carbocycles. The molecule has 2 aliphatic rings. The normalized spacial score (nSPS) is 39.2. The molecule has 1 aromatic heterocycles. The summed E-state index contributed by atoms with van der Waals surface area (Å²) in [7, 11) is 0. The monoisotopic (exact) mass is 161 g/mol. The molecule has 0 N–H and O–H groups in total. The van der Waals surface area contributed by atoms with E-state index in [0.29, 0.717) is 0 Å². The van der Waals surface area contributed by atoms with Gasteiger partial charge in [0.2, 0.25) is 0 Å². The number of hydrogen-bond acceptors (Lipinski definition) is 0. The lowest BCUT2D eigenvalue weighted by Gasteiger charge is -2.22. The molecule has 3 unspecified atom stereocenters. The van der Waals surface area contributed by atoms with Crippen LogP contribution in [-0.4, -0.2) is 4.57 Å². The van der Waals surface area contributed by atoms with E-state index < -0.39 is 0 Å². The minimum absolute atomic E-state index is 0.846. The van der Waals surface area contributed by atoms with Crippen LogP contribution in [0.2, 0.25) is 0 Å².